The Hall–Kier alpha value is -0.270. The number of aliphatic hydroxyl groups excluding tert-OH is 1. The fourth-order valence-corrected chi connectivity index (χ4v) is 1.44. The van der Waals surface area contributed by atoms with Crippen LogP contribution in [0, 0.1) is 0 Å². The van der Waals surface area contributed by atoms with Gasteiger partial charge in [-0.3, -0.25) is 0 Å². The highest BCUT2D eigenvalue weighted by Crippen LogP contribution is 2.09. The van der Waals surface area contributed by atoms with E-state index in [1.54, 1.807) is 0 Å². The lowest BCUT2D eigenvalue weighted by Gasteiger charge is -2.13. The van der Waals surface area contributed by atoms with Crippen LogP contribution in [0.15, 0.2) is 0 Å². The van der Waals surface area contributed by atoms with E-state index in [0.29, 0.717) is 0 Å². The van der Waals surface area contributed by atoms with Gasteiger partial charge in [0, 0.05) is 12.3 Å². The van der Waals surface area contributed by atoms with Crippen molar-refractivity contribution in [1.82, 2.24) is 5.32 Å². The van der Waals surface area contributed by atoms with Gasteiger partial charge in [-0.1, -0.05) is 6.92 Å². The molecule has 0 radical (unpaired) electrons. The van der Waals surface area contributed by atoms with Crippen LogP contribution in [-0.4, -0.2) is 50.6 Å². The van der Waals surface area contributed by atoms with Crippen molar-refractivity contribution in [3.8, 4) is 0 Å². The smallest absolute Gasteiger partial charge is 0.282 e. The van der Waals surface area contributed by atoms with Crippen molar-refractivity contribution < 1.29 is 22.3 Å². The number of nitrogens with one attached hydrogen (secondary N) is 1. The van der Waals surface area contributed by atoms with Gasteiger partial charge < -0.3 is 10.4 Å². The Bertz CT molecular complexity index is 254. The molecule has 7 heteroatoms. The molecule has 0 bridgehead atoms. The molecule has 0 aliphatic heterocycles. The van der Waals surface area contributed by atoms with E-state index in [2.05, 4.69) is 5.32 Å². The first-order chi connectivity index (χ1) is 6.33. The lowest BCUT2D eigenvalue weighted by atomic mass is 10.3. The molecule has 0 saturated heterocycles. The fraction of sp³-hybridized carbons (Fsp3) is 1.00. The van der Waals surface area contributed by atoms with Gasteiger partial charge >= 0.3 is 0 Å². The van der Waals surface area contributed by atoms with E-state index >= 15 is 0 Å². The predicted octanol–water partition coefficient (Wildman–Crippen LogP) is -0.362. The standard InChI is InChI=1S/C7H15F2NO3S/c1-2-14(12,13)4-3-10-5-7(8,9)6-11/h10-11H,2-6H2,1H3. The van der Waals surface area contributed by atoms with E-state index in [1.165, 1.54) is 6.92 Å². The lowest BCUT2D eigenvalue weighted by molar-refractivity contribution is -0.0471. The molecule has 2 N–H and O–H groups in total. The average molecular weight is 231 g/mol. The van der Waals surface area contributed by atoms with E-state index < -0.39 is 28.9 Å². The molecule has 4 nitrogen and oxygen atoms in total. The molecule has 0 spiro atoms. The summed E-state index contributed by atoms with van der Waals surface area (Å²) >= 11 is 0. The van der Waals surface area contributed by atoms with E-state index in [0.717, 1.165) is 0 Å². The van der Waals surface area contributed by atoms with Gasteiger partial charge in [0.1, 0.15) is 6.61 Å². The van der Waals surface area contributed by atoms with Crippen molar-refractivity contribution in [2.24, 2.45) is 0 Å². The molecule has 0 unspecified atom stereocenters. The van der Waals surface area contributed by atoms with Gasteiger partial charge in [0.15, 0.2) is 9.84 Å². The van der Waals surface area contributed by atoms with Crippen LogP contribution >= 0.6 is 0 Å². The van der Waals surface area contributed by atoms with Crippen LogP contribution in [0.2, 0.25) is 0 Å². The van der Waals surface area contributed by atoms with E-state index in [9.17, 15) is 17.2 Å². The normalized spacial score (nSPS) is 13.1. The highest BCUT2D eigenvalue weighted by Gasteiger charge is 2.26. The van der Waals surface area contributed by atoms with Crippen molar-refractivity contribution in [2.45, 2.75) is 12.8 Å². The first-order valence-corrected chi connectivity index (χ1v) is 6.05. The highest BCUT2D eigenvalue weighted by molar-refractivity contribution is 7.91. The molecule has 0 aromatic rings. The first-order valence-electron chi connectivity index (χ1n) is 4.23. The minimum atomic E-state index is -3.18. The van der Waals surface area contributed by atoms with Crippen LogP contribution < -0.4 is 5.32 Å². The summed E-state index contributed by atoms with van der Waals surface area (Å²) in [6.07, 6.45) is 0. The van der Waals surface area contributed by atoms with E-state index in [1.807, 2.05) is 0 Å². The number of hydrogen-bond acceptors (Lipinski definition) is 4. The molecule has 14 heavy (non-hydrogen) atoms. The number of hydrogen-bond donors (Lipinski definition) is 2. The van der Waals surface area contributed by atoms with Crippen LogP contribution in [0.25, 0.3) is 0 Å². The van der Waals surface area contributed by atoms with Crippen LogP contribution in [-0.2, 0) is 9.84 Å². The minimum Gasteiger partial charge on any atom is -0.390 e. The van der Waals surface area contributed by atoms with Crippen molar-refractivity contribution >= 4 is 9.84 Å². The van der Waals surface area contributed by atoms with Crippen LogP contribution in [0.3, 0.4) is 0 Å². The average Bonchev–Trinajstić information content (AvgIpc) is 2.13. The SMILES string of the molecule is CCS(=O)(=O)CCNCC(F)(F)CO. The molecule has 86 valence electrons. The Balaban J connectivity index is 3.68. The van der Waals surface area contributed by atoms with E-state index in [-0.39, 0.29) is 18.1 Å². The van der Waals surface area contributed by atoms with Gasteiger partial charge in [0.25, 0.3) is 5.92 Å². The van der Waals surface area contributed by atoms with Gasteiger partial charge in [-0.2, -0.15) is 0 Å². The van der Waals surface area contributed by atoms with Crippen molar-refractivity contribution in [3.05, 3.63) is 0 Å². The van der Waals surface area contributed by atoms with Crippen molar-refractivity contribution in [1.29, 1.82) is 0 Å². The van der Waals surface area contributed by atoms with Crippen LogP contribution in [0.4, 0.5) is 8.78 Å². The maximum absolute atomic E-state index is 12.4. The summed E-state index contributed by atoms with van der Waals surface area (Å²) in [5.74, 6) is -3.34. The Morgan fingerprint density at radius 2 is 2.00 bits per heavy atom. The third kappa shape index (κ3) is 6.22. The Morgan fingerprint density at radius 3 is 2.43 bits per heavy atom. The summed E-state index contributed by atoms with van der Waals surface area (Å²) in [4.78, 5) is 0. The van der Waals surface area contributed by atoms with E-state index in [4.69, 9.17) is 5.11 Å². The number of alkyl halides is 2. The minimum absolute atomic E-state index is 0.00503. The Labute approximate surface area is 82.2 Å². The summed E-state index contributed by atoms with van der Waals surface area (Å²) in [6, 6.07) is 0. The molecule has 0 rings (SSSR count). The third-order valence-electron chi connectivity index (χ3n) is 1.64. The largest absolute Gasteiger partial charge is 0.390 e. The van der Waals surface area contributed by atoms with Crippen molar-refractivity contribution in [3.63, 3.8) is 0 Å². The number of sulfone groups is 1. The third-order valence-corrected chi connectivity index (χ3v) is 3.35. The molecule has 0 aromatic carbocycles. The zero-order valence-corrected chi connectivity index (χ0v) is 8.78. The fourth-order valence-electron chi connectivity index (χ4n) is 0.699. The molecule has 0 aliphatic carbocycles. The molecule has 0 heterocycles. The van der Waals surface area contributed by atoms with Crippen LogP contribution in [0.5, 0.6) is 0 Å². The summed E-state index contributed by atoms with van der Waals surface area (Å²) in [5.41, 5.74) is 0. The second-order valence-electron chi connectivity index (χ2n) is 2.93. The molecule has 0 aliphatic rings. The molecule has 0 aromatic heterocycles. The summed E-state index contributed by atoms with van der Waals surface area (Å²) in [7, 11) is -3.11. The predicted molar refractivity (Wildman–Crippen MR) is 49.2 cm³/mol. The molecule has 0 amide bonds. The second-order valence-corrected chi connectivity index (χ2v) is 5.40. The Kier molecular flexibility index (Phi) is 5.46. The zero-order valence-electron chi connectivity index (χ0n) is 7.96. The van der Waals surface area contributed by atoms with Crippen LogP contribution in [0.1, 0.15) is 6.92 Å². The maximum Gasteiger partial charge on any atom is 0.282 e. The molecule has 0 saturated carbocycles. The molecular formula is C7H15F2NO3S. The topological polar surface area (TPSA) is 66.4 Å². The van der Waals surface area contributed by atoms with Gasteiger partial charge in [-0.05, 0) is 0 Å². The number of aliphatic hydroxyl groups is 1. The molecule has 0 atom stereocenters. The summed E-state index contributed by atoms with van der Waals surface area (Å²) in [6.45, 7) is -0.466. The Morgan fingerprint density at radius 1 is 1.43 bits per heavy atom. The van der Waals surface area contributed by atoms with Gasteiger partial charge in [-0.25, -0.2) is 17.2 Å². The lowest BCUT2D eigenvalue weighted by Crippen LogP contribution is -2.37. The second kappa shape index (κ2) is 5.57. The quantitative estimate of drug-likeness (QED) is 0.587. The van der Waals surface area contributed by atoms with Gasteiger partial charge in [-0.15, -0.1) is 0 Å². The molecular weight excluding hydrogens is 216 g/mol. The first kappa shape index (κ1) is 13.7. The highest BCUT2D eigenvalue weighted by atomic mass is 32.2. The monoisotopic (exact) mass is 231 g/mol. The zero-order chi connectivity index (χ0) is 11.2. The summed E-state index contributed by atoms with van der Waals surface area (Å²) < 4.78 is 46.6. The summed E-state index contributed by atoms with van der Waals surface area (Å²) in [5, 5.41) is 10.5. The van der Waals surface area contributed by atoms with Gasteiger partial charge in [0.2, 0.25) is 0 Å². The number of rotatable bonds is 7. The van der Waals surface area contributed by atoms with Crippen molar-refractivity contribution in [2.75, 3.05) is 31.2 Å². The maximum atomic E-state index is 12.4. The number of halogens is 2. The molecule has 0 fully saturated rings. The van der Waals surface area contributed by atoms with Gasteiger partial charge in [0.05, 0.1) is 12.3 Å².